The average molecular weight is 524 g/mol. The van der Waals surface area contributed by atoms with Crippen LogP contribution in [-0.2, 0) is 0 Å². The highest BCUT2D eigenvalue weighted by Gasteiger charge is 2.14. The SMILES string of the molecule is COc1ccc(C(=O)C=CNc2cc(C=Cc3cc(OC)c(OC)c(OC)c3)cc(F)c2OC)cc1OC. The van der Waals surface area contributed by atoms with E-state index in [-0.39, 0.29) is 11.5 Å². The molecule has 200 valence electrons. The molecule has 0 spiro atoms. The van der Waals surface area contributed by atoms with E-state index in [1.54, 1.807) is 48.6 Å². The quantitative estimate of drug-likeness (QED) is 0.180. The summed E-state index contributed by atoms with van der Waals surface area (Å²) < 4.78 is 46.6. The molecule has 0 saturated heterocycles. The van der Waals surface area contributed by atoms with Gasteiger partial charge in [0.2, 0.25) is 5.75 Å². The summed E-state index contributed by atoms with van der Waals surface area (Å²) >= 11 is 0. The average Bonchev–Trinajstić information content (AvgIpc) is 2.94. The summed E-state index contributed by atoms with van der Waals surface area (Å²) in [6, 6.07) is 11.5. The lowest BCUT2D eigenvalue weighted by atomic mass is 10.1. The van der Waals surface area contributed by atoms with Crippen molar-refractivity contribution in [1.82, 2.24) is 0 Å². The highest BCUT2D eigenvalue weighted by molar-refractivity contribution is 6.05. The molecule has 0 atom stereocenters. The number of methoxy groups -OCH3 is 6. The van der Waals surface area contributed by atoms with Crippen LogP contribution < -0.4 is 33.7 Å². The van der Waals surface area contributed by atoms with Crippen LogP contribution in [0.15, 0.2) is 54.7 Å². The molecule has 38 heavy (non-hydrogen) atoms. The zero-order valence-corrected chi connectivity index (χ0v) is 22.1. The van der Waals surface area contributed by atoms with Gasteiger partial charge in [0.15, 0.2) is 40.3 Å². The fourth-order valence-electron chi connectivity index (χ4n) is 3.71. The van der Waals surface area contributed by atoms with E-state index in [2.05, 4.69) is 5.32 Å². The molecule has 1 N–H and O–H groups in total. The summed E-state index contributed by atoms with van der Waals surface area (Å²) in [4.78, 5) is 12.6. The Labute approximate surface area is 221 Å². The van der Waals surface area contributed by atoms with Crippen molar-refractivity contribution in [2.75, 3.05) is 48.0 Å². The van der Waals surface area contributed by atoms with E-state index in [1.807, 2.05) is 0 Å². The summed E-state index contributed by atoms with van der Waals surface area (Å²) in [5.74, 6) is 1.59. The minimum atomic E-state index is -0.568. The van der Waals surface area contributed by atoms with E-state index in [4.69, 9.17) is 28.4 Å². The van der Waals surface area contributed by atoms with Crippen molar-refractivity contribution in [3.8, 4) is 34.5 Å². The van der Waals surface area contributed by atoms with Gasteiger partial charge in [0.25, 0.3) is 0 Å². The second kappa shape index (κ2) is 13.0. The van der Waals surface area contributed by atoms with E-state index in [0.29, 0.717) is 45.6 Å². The lowest BCUT2D eigenvalue weighted by molar-refractivity contribution is 0.104. The van der Waals surface area contributed by atoms with Crippen molar-refractivity contribution in [2.45, 2.75) is 0 Å². The third-order valence-corrected chi connectivity index (χ3v) is 5.57. The minimum absolute atomic E-state index is 0.0122. The van der Waals surface area contributed by atoms with E-state index < -0.39 is 5.82 Å². The first-order valence-corrected chi connectivity index (χ1v) is 11.4. The number of anilines is 1. The molecule has 0 aliphatic rings. The lowest BCUT2D eigenvalue weighted by Gasteiger charge is -2.13. The Morgan fingerprint density at radius 1 is 0.684 bits per heavy atom. The first-order chi connectivity index (χ1) is 18.4. The molecule has 0 bridgehead atoms. The van der Waals surface area contributed by atoms with Crippen molar-refractivity contribution in [2.24, 2.45) is 0 Å². The molecule has 0 heterocycles. The highest BCUT2D eigenvalue weighted by Crippen LogP contribution is 2.39. The molecule has 3 aromatic carbocycles. The number of ketones is 1. The highest BCUT2D eigenvalue weighted by atomic mass is 19.1. The van der Waals surface area contributed by atoms with Crippen molar-refractivity contribution in [3.63, 3.8) is 0 Å². The predicted molar refractivity (Wildman–Crippen MR) is 145 cm³/mol. The number of ether oxygens (including phenoxy) is 6. The number of nitrogens with one attached hydrogen (secondary N) is 1. The maximum Gasteiger partial charge on any atom is 0.203 e. The van der Waals surface area contributed by atoms with Crippen LogP contribution in [0.3, 0.4) is 0 Å². The van der Waals surface area contributed by atoms with Gasteiger partial charge in [-0.2, -0.15) is 0 Å². The van der Waals surface area contributed by atoms with Gasteiger partial charge >= 0.3 is 0 Å². The normalized spacial score (nSPS) is 10.9. The number of allylic oxidation sites excluding steroid dienone is 1. The maximum absolute atomic E-state index is 14.8. The first kappa shape index (κ1) is 27.9. The second-order valence-corrected chi connectivity index (χ2v) is 7.79. The number of benzene rings is 3. The van der Waals surface area contributed by atoms with Gasteiger partial charge in [0, 0.05) is 17.8 Å². The number of halogens is 1. The van der Waals surface area contributed by atoms with E-state index in [0.717, 1.165) is 5.56 Å². The third kappa shape index (κ3) is 6.36. The van der Waals surface area contributed by atoms with Crippen LogP contribution in [-0.4, -0.2) is 48.4 Å². The smallest absolute Gasteiger partial charge is 0.203 e. The number of hydrogen-bond donors (Lipinski definition) is 1. The summed E-state index contributed by atoms with van der Waals surface area (Å²) in [7, 11) is 8.97. The fraction of sp³-hybridized carbons (Fsp3) is 0.207. The largest absolute Gasteiger partial charge is 0.493 e. The molecular formula is C29H30FNO7. The molecular weight excluding hydrogens is 493 g/mol. The molecule has 0 aromatic heterocycles. The number of rotatable bonds is 12. The zero-order chi connectivity index (χ0) is 27.7. The van der Waals surface area contributed by atoms with Crippen LogP contribution in [0.25, 0.3) is 12.2 Å². The Bertz CT molecular complexity index is 1330. The van der Waals surface area contributed by atoms with Crippen LogP contribution in [0.4, 0.5) is 10.1 Å². The van der Waals surface area contributed by atoms with Gasteiger partial charge < -0.3 is 33.7 Å². The first-order valence-electron chi connectivity index (χ1n) is 11.4. The predicted octanol–water partition coefficient (Wildman–Crippen LogP) is 5.86. The topological polar surface area (TPSA) is 84.5 Å². The van der Waals surface area contributed by atoms with Crippen LogP contribution in [0.5, 0.6) is 34.5 Å². The molecule has 0 amide bonds. The molecule has 0 aliphatic heterocycles. The van der Waals surface area contributed by atoms with Crippen LogP contribution in [0.2, 0.25) is 0 Å². The Morgan fingerprint density at radius 2 is 1.26 bits per heavy atom. The van der Waals surface area contributed by atoms with Gasteiger partial charge in [0.05, 0.1) is 48.3 Å². The zero-order valence-electron chi connectivity index (χ0n) is 22.1. The molecule has 0 aliphatic carbocycles. The lowest BCUT2D eigenvalue weighted by Crippen LogP contribution is -2.00. The monoisotopic (exact) mass is 523 g/mol. The van der Waals surface area contributed by atoms with Gasteiger partial charge in [-0.1, -0.05) is 12.2 Å². The van der Waals surface area contributed by atoms with Crippen LogP contribution >= 0.6 is 0 Å². The number of carbonyl (C=O) groups excluding carboxylic acids is 1. The fourth-order valence-corrected chi connectivity index (χ4v) is 3.71. The molecule has 8 nitrogen and oxygen atoms in total. The Morgan fingerprint density at radius 3 is 1.82 bits per heavy atom. The van der Waals surface area contributed by atoms with E-state index in [9.17, 15) is 9.18 Å². The molecule has 0 saturated carbocycles. The third-order valence-electron chi connectivity index (χ3n) is 5.57. The Balaban J connectivity index is 1.84. The van der Waals surface area contributed by atoms with Crippen molar-refractivity contribution >= 4 is 23.6 Å². The summed E-state index contributed by atoms with van der Waals surface area (Å²) in [5, 5.41) is 2.93. The summed E-state index contributed by atoms with van der Waals surface area (Å²) in [5.41, 5.74) is 2.05. The van der Waals surface area contributed by atoms with Crippen LogP contribution in [0.1, 0.15) is 21.5 Å². The molecule has 3 aromatic rings. The van der Waals surface area contributed by atoms with Gasteiger partial charge in [-0.25, -0.2) is 4.39 Å². The standard InChI is InChI=1S/C29H30FNO7/c1-33-24-10-9-20(17-25(24)34-2)23(32)11-12-31-22-14-18(13-21(30)28(22)37-5)7-8-19-15-26(35-3)29(38-6)27(16-19)36-4/h7-17,31H,1-6H3. The number of hydrogen-bond acceptors (Lipinski definition) is 8. The summed E-state index contributed by atoms with van der Waals surface area (Å²) in [6.07, 6.45) is 6.26. The van der Waals surface area contributed by atoms with Crippen molar-refractivity contribution in [3.05, 3.63) is 77.2 Å². The number of carbonyl (C=O) groups is 1. The van der Waals surface area contributed by atoms with Crippen molar-refractivity contribution in [1.29, 1.82) is 0 Å². The maximum atomic E-state index is 14.8. The molecule has 0 unspecified atom stereocenters. The minimum Gasteiger partial charge on any atom is -0.493 e. The van der Waals surface area contributed by atoms with E-state index in [1.165, 1.54) is 61.0 Å². The molecule has 9 heteroatoms. The summed E-state index contributed by atoms with van der Waals surface area (Å²) in [6.45, 7) is 0. The Kier molecular flexibility index (Phi) is 9.59. The van der Waals surface area contributed by atoms with Gasteiger partial charge in [0.1, 0.15) is 0 Å². The van der Waals surface area contributed by atoms with Gasteiger partial charge in [-0.3, -0.25) is 4.79 Å². The second-order valence-electron chi connectivity index (χ2n) is 7.79. The van der Waals surface area contributed by atoms with Crippen LogP contribution in [0, 0.1) is 5.82 Å². The molecule has 0 fully saturated rings. The Hall–Kier alpha value is -4.66. The van der Waals surface area contributed by atoms with Gasteiger partial charge in [-0.15, -0.1) is 0 Å². The van der Waals surface area contributed by atoms with Crippen molar-refractivity contribution < 1.29 is 37.6 Å². The molecule has 0 radical (unpaired) electrons. The van der Waals surface area contributed by atoms with Gasteiger partial charge in [-0.05, 0) is 53.6 Å². The van der Waals surface area contributed by atoms with E-state index >= 15 is 0 Å². The molecule has 3 rings (SSSR count).